The zero-order valence-electron chi connectivity index (χ0n) is 12.6. The lowest BCUT2D eigenvalue weighted by atomic mass is 10.2. The van der Waals surface area contributed by atoms with Crippen molar-refractivity contribution in [2.24, 2.45) is 0 Å². The minimum Gasteiger partial charge on any atom is -0.506 e. The molecule has 0 aliphatic heterocycles. The lowest BCUT2D eigenvalue weighted by Gasteiger charge is -2.11. The third-order valence-corrected chi connectivity index (χ3v) is 4.95. The first-order chi connectivity index (χ1) is 11.3. The van der Waals surface area contributed by atoms with Crippen LogP contribution in [0.15, 0.2) is 59.8 Å². The number of hydrogen-bond acceptors (Lipinski definition) is 4. The van der Waals surface area contributed by atoms with E-state index in [1.165, 1.54) is 47.4 Å². The van der Waals surface area contributed by atoms with Crippen molar-refractivity contribution < 1.29 is 13.5 Å². The van der Waals surface area contributed by atoms with Crippen LogP contribution >= 0.6 is 11.6 Å². The average Bonchev–Trinajstić information content (AvgIpc) is 2.96. The Balaban J connectivity index is 1.94. The fraction of sp³-hybridized carbons (Fsp3) is 0.0625. The zero-order chi connectivity index (χ0) is 17.3. The Morgan fingerprint density at radius 3 is 2.50 bits per heavy atom. The third kappa shape index (κ3) is 3.37. The molecule has 0 saturated heterocycles. The van der Waals surface area contributed by atoms with E-state index in [2.05, 4.69) is 9.82 Å². The quantitative estimate of drug-likeness (QED) is 0.696. The number of sulfonamides is 1. The number of aromatic nitrogens is 2. The molecule has 3 rings (SSSR count). The highest BCUT2D eigenvalue weighted by molar-refractivity contribution is 7.92. The van der Waals surface area contributed by atoms with Crippen LogP contribution in [0.4, 0.5) is 5.69 Å². The number of rotatable bonds is 4. The summed E-state index contributed by atoms with van der Waals surface area (Å²) in [4.78, 5) is 0.157. The molecule has 2 aromatic carbocycles. The van der Waals surface area contributed by atoms with E-state index in [-0.39, 0.29) is 10.6 Å². The van der Waals surface area contributed by atoms with E-state index in [1.807, 2.05) is 6.92 Å². The highest BCUT2D eigenvalue weighted by Gasteiger charge is 2.15. The predicted molar refractivity (Wildman–Crippen MR) is 92.2 cm³/mol. The Hall–Kier alpha value is -2.51. The largest absolute Gasteiger partial charge is 0.506 e. The van der Waals surface area contributed by atoms with Gasteiger partial charge in [0.25, 0.3) is 10.0 Å². The lowest BCUT2D eigenvalue weighted by molar-refractivity contribution is 0.470. The van der Waals surface area contributed by atoms with Crippen LogP contribution in [-0.4, -0.2) is 23.3 Å². The first-order valence-electron chi connectivity index (χ1n) is 6.98. The van der Waals surface area contributed by atoms with Gasteiger partial charge < -0.3 is 5.11 Å². The molecule has 1 aromatic heterocycles. The van der Waals surface area contributed by atoms with Crippen molar-refractivity contribution >= 4 is 27.3 Å². The van der Waals surface area contributed by atoms with Crippen LogP contribution in [0.5, 0.6) is 5.75 Å². The molecule has 8 heteroatoms. The number of benzene rings is 2. The Bertz CT molecular complexity index is 982. The second-order valence-corrected chi connectivity index (χ2v) is 7.34. The maximum Gasteiger partial charge on any atom is 0.261 e. The number of aromatic hydroxyl groups is 1. The minimum atomic E-state index is -3.72. The van der Waals surface area contributed by atoms with Gasteiger partial charge in [-0.1, -0.05) is 29.3 Å². The van der Waals surface area contributed by atoms with Gasteiger partial charge in [0.1, 0.15) is 11.4 Å². The summed E-state index contributed by atoms with van der Waals surface area (Å²) in [6.07, 6.45) is 2.93. The molecular weight excluding hydrogens is 350 g/mol. The molecule has 0 radical (unpaired) electrons. The summed E-state index contributed by atoms with van der Waals surface area (Å²) >= 11 is 5.83. The highest BCUT2D eigenvalue weighted by Crippen LogP contribution is 2.27. The molecule has 2 N–H and O–H groups in total. The first-order valence-corrected chi connectivity index (χ1v) is 8.84. The molecule has 0 saturated carbocycles. The average molecular weight is 364 g/mol. The second kappa shape index (κ2) is 6.18. The van der Waals surface area contributed by atoms with Crippen LogP contribution < -0.4 is 4.72 Å². The fourth-order valence-corrected chi connectivity index (χ4v) is 3.32. The van der Waals surface area contributed by atoms with Gasteiger partial charge in [0, 0.05) is 6.20 Å². The van der Waals surface area contributed by atoms with Crippen molar-refractivity contribution in [2.45, 2.75) is 11.8 Å². The second-order valence-electron chi connectivity index (χ2n) is 5.23. The van der Waals surface area contributed by atoms with E-state index >= 15 is 0 Å². The third-order valence-electron chi connectivity index (χ3n) is 3.36. The molecule has 0 bridgehead atoms. The van der Waals surface area contributed by atoms with Crippen molar-refractivity contribution in [3.05, 3.63) is 65.4 Å². The predicted octanol–water partition coefficient (Wildman–Crippen LogP) is 3.34. The van der Waals surface area contributed by atoms with Gasteiger partial charge >= 0.3 is 0 Å². The van der Waals surface area contributed by atoms with Gasteiger partial charge in [0.2, 0.25) is 0 Å². The normalized spacial score (nSPS) is 11.4. The molecule has 1 heterocycles. The van der Waals surface area contributed by atoms with Crippen LogP contribution in [0.25, 0.3) is 5.69 Å². The van der Waals surface area contributed by atoms with Gasteiger partial charge in [-0.3, -0.25) is 4.72 Å². The number of halogens is 1. The summed E-state index contributed by atoms with van der Waals surface area (Å²) in [5.41, 5.74) is 1.58. The van der Waals surface area contributed by atoms with Gasteiger partial charge in [0.05, 0.1) is 21.8 Å². The summed E-state index contributed by atoms with van der Waals surface area (Å²) < 4.78 is 28.7. The molecule has 24 heavy (non-hydrogen) atoms. The van der Waals surface area contributed by atoms with E-state index in [0.717, 1.165) is 5.56 Å². The summed E-state index contributed by atoms with van der Waals surface area (Å²) in [6.45, 7) is 1.88. The van der Waals surface area contributed by atoms with Crippen molar-refractivity contribution in [3.63, 3.8) is 0 Å². The molecule has 0 spiro atoms. The SMILES string of the molecule is Cc1ccc(S(=O)(=O)Nc2ccc(O)c(-n3cc(Cl)cn3)c2)cc1. The fourth-order valence-electron chi connectivity index (χ4n) is 2.13. The van der Waals surface area contributed by atoms with Crippen LogP contribution in [0.3, 0.4) is 0 Å². The minimum absolute atomic E-state index is 0.0481. The molecule has 124 valence electrons. The van der Waals surface area contributed by atoms with Gasteiger partial charge in [-0.05, 0) is 37.3 Å². The van der Waals surface area contributed by atoms with Crippen molar-refractivity contribution in [1.82, 2.24) is 9.78 Å². The number of aryl methyl sites for hydroxylation is 1. The van der Waals surface area contributed by atoms with Crippen molar-refractivity contribution in [2.75, 3.05) is 4.72 Å². The number of phenols is 1. The van der Waals surface area contributed by atoms with Gasteiger partial charge in [0.15, 0.2) is 0 Å². The first kappa shape index (κ1) is 16.4. The van der Waals surface area contributed by atoms with E-state index in [9.17, 15) is 13.5 Å². The Morgan fingerprint density at radius 1 is 1.17 bits per heavy atom. The van der Waals surface area contributed by atoms with Gasteiger partial charge in [-0.15, -0.1) is 0 Å². The van der Waals surface area contributed by atoms with Crippen LogP contribution in [-0.2, 0) is 10.0 Å². The van der Waals surface area contributed by atoms with Gasteiger partial charge in [-0.25, -0.2) is 13.1 Å². The zero-order valence-corrected chi connectivity index (χ0v) is 14.2. The number of phenolic OH excluding ortho intramolecular Hbond substituents is 1. The van der Waals surface area contributed by atoms with Gasteiger partial charge in [-0.2, -0.15) is 5.10 Å². The highest BCUT2D eigenvalue weighted by atomic mass is 35.5. The number of hydrogen-bond donors (Lipinski definition) is 2. The van der Waals surface area contributed by atoms with E-state index < -0.39 is 10.0 Å². The Labute approximate surface area is 144 Å². The molecule has 0 aliphatic carbocycles. The smallest absolute Gasteiger partial charge is 0.261 e. The Kier molecular flexibility index (Phi) is 4.21. The summed E-state index contributed by atoms with van der Waals surface area (Å²) in [7, 11) is -3.72. The molecule has 0 unspecified atom stereocenters. The molecule has 0 amide bonds. The number of anilines is 1. The molecule has 3 aromatic rings. The summed E-state index contributed by atoms with van der Waals surface area (Å²) in [5, 5.41) is 14.4. The molecule has 0 atom stereocenters. The molecular formula is C16H14ClN3O3S. The van der Waals surface area contributed by atoms with Crippen molar-refractivity contribution in [1.29, 1.82) is 0 Å². The molecule has 0 aliphatic rings. The summed E-state index contributed by atoms with van der Waals surface area (Å²) in [5.74, 6) is -0.0481. The van der Waals surface area contributed by atoms with Crippen molar-refractivity contribution in [3.8, 4) is 11.4 Å². The van der Waals surface area contributed by atoms with Crippen LogP contribution in [0.1, 0.15) is 5.56 Å². The number of nitrogens with zero attached hydrogens (tertiary/aromatic N) is 2. The molecule has 6 nitrogen and oxygen atoms in total. The lowest BCUT2D eigenvalue weighted by Crippen LogP contribution is -2.13. The monoisotopic (exact) mass is 363 g/mol. The standard InChI is InChI=1S/C16H14ClN3O3S/c1-11-2-5-14(6-3-11)24(22,23)19-13-4-7-16(21)15(8-13)20-10-12(17)9-18-20/h2-10,19,21H,1H3. The van der Waals surface area contributed by atoms with Crippen LogP contribution in [0.2, 0.25) is 5.02 Å². The topological polar surface area (TPSA) is 84.2 Å². The van der Waals surface area contributed by atoms with E-state index in [1.54, 1.807) is 12.1 Å². The Morgan fingerprint density at radius 2 is 1.88 bits per heavy atom. The maximum absolute atomic E-state index is 12.4. The van der Waals surface area contributed by atoms with Crippen LogP contribution in [0, 0.1) is 6.92 Å². The maximum atomic E-state index is 12.4. The molecule has 0 fully saturated rings. The number of nitrogens with one attached hydrogen (secondary N) is 1. The van der Waals surface area contributed by atoms with E-state index in [0.29, 0.717) is 16.4 Å². The van der Waals surface area contributed by atoms with E-state index in [4.69, 9.17) is 11.6 Å². The summed E-state index contributed by atoms with van der Waals surface area (Å²) in [6, 6.07) is 10.8.